The molecule has 1 atom stereocenters. The second-order valence-corrected chi connectivity index (χ2v) is 5.47. The van der Waals surface area contributed by atoms with E-state index < -0.39 is 0 Å². The smallest absolute Gasteiger partial charge is 0.132 e. The largest absolute Gasteiger partial charge is 0.399 e. The van der Waals surface area contributed by atoms with E-state index in [2.05, 4.69) is 35.7 Å². The van der Waals surface area contributed by atoms with Crippen molar-refractivity contribution < 1.29 is 4.39 Å². The predicted molar refractivity (Wildman–Crippen MR) is 85.3 cm³/mol. The number of halogens is 1. The van der Waals surface area contributed by atoms with Crippen LogP contribution >= 0.6 is 0 Å². The summed E-state index contributed by atoms with van der Waals surface area (Å²) in [4.78, 5) is 0. The summed E-state index contributed by atoms with van der Waals surface area (Å²) in [6.07, 6.45) is 3.85. The highest BCUT2D eigenvalue weighted by Crippen LogP contribution is 2.27. The van der Waals surface area contributed by atoms with Crippen LogP contribution in [0.2, 0.25) is 0 Å². The van der Waals surface area contributed by atoms with Crippen LogP contribution in [0.5, 0.6) is 0 Å². The monoisotopic (exact) mass is 282 g/mol. The van der Waals surface area contributed by atoms with Gasteiger partial charge in [0.05, 0.1) is 0 Å². The minimum atomic E-state index is -0.235. The summed E-state index contributed by atoms with van der Waals surface area (Å²) in [5.74, 6) is -0.235. The number of hydrogen-bond donors (Lipinski definition) is 2. The molecule has 1 aliphatic rings. The summed E-state index contributed by atoms with van der Waals surface area (Å²) in [5, 5.41) is 3.47. The molecule has 3 heteroatoms. The first-order chi connectivity index (χ1) is 10.2. The van der Waals surface area contributed by atoms with Crippen LogP contribution in [-0.2, 0) is 6.42 Å². The molecule has 1 aliphatic heterocycles. The first-order valence-electron chi connectivity index (χ1n) is 7.24. The van der Waals surface area contributed by atoms with E-state index >= 15 is 0 Å². The van der Waals surface area contributed by atoms with Crippen molar-refractivity contribution in [3.63, 3.8) is 0 Å². The molecule has 1 unspecified atom stereocenters. The average Bonchev–Trinajstić information content (AvgIpc) is 2.48. The fourth-order valence-electron chi connectivity index (χ4n) is 2.82. The van der Waals surface area contributed by atoms with Gasteiger partial charge in [0.2, 0.25) is 0 Å². The molecule has 0 amide bonds. The van der Waals surface area contributed by atoms with Gasteiger partial charge in [0.25, 0.3) is 0 Å². The van der Waals surface area contributed by atoms with Gasteiger partial charge in [-0.15, -0.1) is 0 Å². The zero-order valence-corrected chi connectivity index (χ0v) is 11.9. The van der Waals surface area contributed by atoms with Crippen molar-refractivity contribution in [2.45, 2.75) is 18.9 Å². The predicted octanol–water partition coefficient (Wildman–Crippen LogP) is 3.40. The summed E-state index contributed by atoms with van der Waals surface area (Å²) in [7, 11) is 0. The molecule has 0 aromatic heterocycles. The van der Waals surface area contributed by atoms with Crippen LogP contribution in [0.3, 0.4) is 0 Å². The van der Waals surface area contributed by atoms with E-state index in [0.717, 1.165) is 25.0 Å². The van der Waals surface area contributed by atoms with E-state index in [1.165, 1.54) is 11.6 Å². The van der Waals surface area contributed by atoms with E-state index in [-0.39, 0.29) is 5.82 Å². The molecule has 0 saturated carbocycles. The Morgan fingerprint density at radius 3 is 2.71 bits per heavy atom. The third-order valence-electron chi connectivity index (χ3n) is 3.89. The van der Waals surface area contributed by atoms with Gasteiger partial charge in [-0.05, 0) is 42.2 Å². The van der Waals surface area contributed by atoms with Gasteiger partial charge in [-0.2, -0.15) is 0 Å². The maximum atomic E-state index is 14.0. The van der Waals surface area contributed by atoms with Crippen LogP contribution in [0.15, 0.2) is 54.6 Å². The van der Waals surface area contributed by atoms with Crippen LogP contribution in [0.25, 0.3) is 5.57 Å². The Balaban J connectivity index is 1.75. The third-order valence-corrected chi connectivity index (χ3v) is 3.89. The number of rotatable bonds is 3. The SMILES string of the molecule is Nc1ccc(C2=CCNC(Cc3ccccc3)C2)c(F)c1. The summed E-state index contributed by atoms with van der Waals surface area (Å²) in [5.41, 5.74) is 9.11. The van der Waals surface area contributed by atoms with Crippen LogP contribution in [0, 0.1) is 5.82 Å². The maximum absolute atomic E-state index is 14.0. The highest BCUT2D eigenvalue weighted by molar-refractivity contribution is 5.69. The van der Waals surface area contributed by atoms with E-state index in [4.69, 9.17) is 5.73 Å². The quantitative estimate of drug-likeness (QED) is 0.847. The van der Waals surface area contributed by atoms with Gasteiger partial charge >= 0.3 is 0 Å². The summed E-state index contributed by atoms with van der Waals surface area (Å²) < 4.78 is 14.0. The van der Waals surface area contributed by atoms with Crippen molar-refractivity contribution in [2.75, 3.05) is 12.3 Å². The van der Waals surface area contributed by atoms with Crippen molar-refractivity contribution in [3.8, 4) is 0 Å². The molecule has 0 fully saturated rings. The van der Waals surface area contributed by atoms with Gasteiger partial charge in [-0.3, -0.25) is 0 Å². The molecule has 2 aromatic rings. The summed E-state index contributed by atoms with van der Waals surface area (Å²) in [6.45, 7) is 0.774. The summed E-state index contributed by atoms with van der Waals surface area (Å²) in [6, 6.07) is 15.6. The third kappa shape index (κ3) is 3.31. The van der Waals surface area contributed by atoms with Crippen LogP contribution < -0.4 is 11.1 Å². The first kappa shape index (κ1) is 13.8. The molecular formula is C18H19FN2. The zero-order chi connectivity index (χ0) is 14.7. The van der Waals surface area contributed by atoms with Gasteiger partial charge in [0.15, 0.2) is 0 Å². The van der Waals surface area contributed by atoms with Crippen molar-refractivity contribution in [1.82, 2.24) is 5.32 Å². The molecule has 21 heavy (non-hydrogen) atoms. The second-order valence-electron chi connectivity index (χ2n) is 5.47. The molecular weight excluding hydrogens is 263 g/mol. The molecule has 108 valence electrons. The van der Waals surface area contributed by atoms with Crippen molar-refractivity contribution >= 4 is 11.3 Å². The number of nitrogens with two attached hydrogens (primary N) is 1. The molecule has 3 rings (SSSR count). The fraction of sp³-hybridized carbons (Fsp3) is 0.222. The van der Waals surface area contributed by atoms with Crippen molar-refractivity contribution in [1.29, 1.82) is 0 Å². The van der Waals surface area contributed by atoms with Gasteiger partial charge in [0, 0.05) is 23.8 Å². The van der Waals surface area contributed by atoms with Crippen molar-refractivity contribution in [2.24, 2.45) is 0 Å². The normalized spacial score (nSPS) is 18.3. The molecule has 0 bridgehead atoms. The van der Waals surface area contributed by atoms with Gasteiger partial charge in [-0.25, -0.2) is 4.39 Å². The Hall–Kier alpha value is -2.13. The Morgan fingerprint density at radius 2 is 1.95 bits per heavy atom. The van der Waals surface area contributed by atoms with Crippen LogP contribution in [-0.4, -0.2) is 12.6 Å². The van der Waals surface area contributed by atoms with Gasteiger partial charge < -0.3 is 11.1 Å². The number of anilines is 1. The molecule has 2 aromatic carbocycles. The van der Waals surface area contributed by atoms with E-state index in [1.807, 2.05) is 6.07 Å². The van der Waals surface area contributed by atoms with Gasteiger partial charge in [-0.1, -0.05) is 36.4 Å². The maximum Gasteiger partial charge on any atom is 0.132 e. The topological polar surface area (TPSA) is 38.0 Å². The molecule has 1 heterocycles. The van der Waals surface area contributed by atoms with Crippen LogP contribution in [0.4, 0.5) is 10.1 Å². The number of hydrogen-bond acceptors (Lipinski definition) is 2. The summed E-state index contributed by atoms with van der Waals surface area (Å²) >= 11 is 0. The lowest BCUT2D eigenvalue weighted by Crippen LogP contribution is -2.34. The Labute approximate surface area is 124 Å². The minimum Gasteiger partial charge on any atom is -0.399 e. The fourth-order valence-corrected chi connectivity index (χ4v) is 2.82. The molecule has 0 radical (unpaired) electrons. The average molecular weight is 282 g/mol. The Kier molecular flexibility index (Phi) is 4.02. The van der Waals surface area contributed by atoms with E-state index in [0.29, 0.717) is 17.3 Å². The first-order valence-corrected chi connectivity index (χ1v) is 7.24. The second kappa shape index (κ2) is 6.10. The Morgan fingerprint density at radius 1 is 1.14 bits per heavy atom. The number of nitrogens with one attached hydrogen (secondary N) is 1. The van der Waals surface area contributed by atoms with E-state index in [9.17, 15) is 4.39 Å². The van der Waals surface area contributed by atoms with Crippen LogP contribution in [0.1, 0.15) is 17.5 Å². The highest BCUT2D eigenvalue weighted by Gasteiger charge is 2.18. The lowest BCUT2D eigenvalue weighted by Gasteiger charge is -2.25. The molecule has 0 aliphatic carbocycles. The standard InChI is InChI=1S/C18H19FN2/c19-18-12-15(20)6-7-17(18)14-8-9-21-16(11-14)10-13-4-2-1-3-5-13/h1-8,12,16,21H,9-11,20H2. The minimum absolute atomic E-state index is 0.235. The Bertz CT molecular complexity index is 650. The molecule has 2 nitrogen and oxygen atoms in total. The highest BCUT2D eigenvalue weighted by atomic mass is 19.1. The van der Waals surface area contributed by atoms with Gasteiger partial charge in [0.1, 0.15) is 5.82 Å². The number of nitrogen functional groups attached to an aromatic ring is 1. The molecule has 0 saturated heterocycles. The van der Waals surface area contributed by atoms with Crippen molar-refractivity contribution in [3.05, 3.63) is 71.6 Å². The zero-order valence-electron chi connectivity index (χ0n) is 11.9. The van der Waals surface area contributed by atoms with E-state index in [1.54, 1.807) is 12.1 Å². The molecule has 3 N–H and O–H groups in total. The lowest BCUT2D eigenvalue weighted by molar-refractivity contribution is 0.530. The lowest BCUT2D eigenvalue weighted by atomic mass is 9.91. The molecule has 0 spiro atoms. The number of benzene rings is 2.